The number of amides is 2. The molecule has 2 N–H and O–H groups in total. The van der Waals surface area contributed by atoms with Crippen LogP contribution in [0.25, 0.3) is 0 Å². The monoisotopic (exact) mass is 346 g/mol. The molecule has 1 aromatic carbocycles. The maximum atomic E-state index is 12.6. The summed E-state index contributed by atoms with van der Waals surface area (Å²) in [6, 6.07) is 7.63. The molecule has 25 heavy (non-hydrogen) atoms. The summed E-state index contributed by atoms with van der Waals surface area (Å²) in [4.78, 5) is 38.2. The van der Waals surface area contributed by atoms with Gasteiger partial charge in [0.1, 0.15) is 0 Å². The predicted octanol–water partition coefficient (Wildman–Crippen LogP) is 0.962. The van der Waals surface area contributed by atoms with E-state index in [0.29, 0.717) is 6.61 Å². The molecular formula is C18H22N2O5. The zero-order chi connectivity index (χ0) is 18.0. The molecule has 0 bridgehead atoms. The Kier molecular flexibility index (Phi) is 4.76. The number of anilines is 1. The van der Waals surface area contributed by atoms with Crippen LogP contribution in [0.3, 0.4) is 0 Å². The van der Waals surface area contributed by atoms with E-state index in [0.717, 1.165) is 17.7 Å². The topological polar surface area (TPSA) is 95.9 Å². The third kappa shape index (κ3) is 3.24. The third-order valence-electron chi connectivity index (χ3n) is 4.95. The van der Waals surface area contributed by atoms with Crippen LogP contribution < -0.4 is 10.2 Å². The van der Waals surface area contributed by atoms with E-state index in [-0.39, 0.29) is 31.9 Å². The van der Waals surface area contributed by atoms with Gasteiger partial charge in [0.25, 0.3) is 0 Å². The van der Waals surface area contributed by atoms with Gasteiger partial charge in [-0.2, -0.15) is 0 Å². The first-order valence-electron chi connectivity index (χ1n) is 8.48. The van der Waals surface area contributed by atoms with Gasteiger partial charge in [-0.1, -0.05) is 25.1 Å². The van der Waals surface area contributed by atoms with Crippen molar-refractivity contribution < 1.29 is 24.2 Å². The molecule has 3 rings (SSSR count). The maximum absolute atomic E-state index is 12.6. The van der Waals surface area contributed by atoms with Crippen LogP contribution in [0.1, 0.15) is 25.3 Å². The summed E-state index contributed by atoms with van der Waals surface area (Å²) < 4.78 is 5.15. The van der Waals surface area contributed by atoms with Crippen LogP contribution in [0.4, 0.5) is 5.69 Å². The van der Waals surface area contributed by atoms with E-state index in [1.165, 1.54) is 0 Å². The molecule has 0 radical (unpaired) electrons. The van der Waals surface area contributed by atoms with Gasteiger partial charge in [0, 0.05) is 31.7 Å². The Bertz CT molecular complexity index is 696. The minimum absolute atomic E-state index is 0.0445. The van der Waals surface area contributed by atoms with Gasteiger partial charge in [-0.25, -0.2) is 4.79 Å². The Balaban J connectivity index is 1.74. The van der Waals surface area contributed by atoms with Crippen molar-refractivity contribution in [1.82, 2.24) is 5.32 Å². The molecule has 2 amide bonds. The SMILES string of the molecule is CCc1ccccc1N1CC(C(=O)NC2(C(=O)O)CCOC2)CC1=O. The van der Waals surface area contributed by atoms with E-state index in [4.69, 9.17) is 4.74 Å². The van der Waals surface area contributed by atoms with Crippen LogP contribution in [-0.2, 0) is 25.5 Å². The molecule has 1 aromatic rings. The fraction of sp³-hybridized carbons (Fsp3) is 0.500. The van der Waals surface area contributed by atoms with Crippen molar-refractivity contribution in [2.75, 3.05) is 24.7 Å². The largest absolute Gasteiger partial charge is 0.479 e. The van der Waals surface area contributed by atoms with Crippen molar-refractivity contribution in [3.8, 4) is 0 Å². The average molecular weight is 346 g/mol. The number of carbonyl (C=O) groups excluding carboxylic acids is 2. The van der Waals surface area contributed by atoms with E-state index >= 15 is 0 Å². The number of para-hydroxylation sites is 1. The number of rotatable bonds is 5. The first-order chi connectivity index (χ1) is 12.0. The van der Waals surface area contributed by atoms with Gasteiger partial charge >= 0.3 is 5.97 Å². The van der Waals surface area contributed by atoms with Crippen molar-refractivity contribution in [2.45, 2.75) is 31.7 Å². The van der Waals surface area contributed by atoms with Gasteiger partial charge in [0.15, 0.2) is 5.54 Å². The average Bonchev–Trinajstić information content (AvgIpc) is 3.22. The van der Waals surface area contributed by atoms with E-state index in [1.807, 2.05) is 31.2 Å². The zero-order valence-electron chi connectivity index (χ0n) is 14.2. The maximum Gasteiger partial charge on any atom is 0.331 e. The normalized spacial score (nSPS) is 26.0. The van der Waals surface area contributed by atoms with Gasteiger partial charge in [-0.15, -0.1) is 0 Å². The van der Waals surface area contributed by atoms with Crippen molar-refractivity contribution in [1.29, 1.82) is 0 Å². The second-order valence-electron chi connectivity index (χ2n) is 6.57. The van der Waals surface area contributed by atoms with Gasteiger partial charge in [-0.3, -0.25) is 9.59 Å². The summed E-state index contributed by atoms with van der Waals surface area (Å²) in [5, 5.41) is 12.0. The highest BCUT2D eigenvalue weighted by Crippen LogP contribution is 2.29. The van der Waals surface area contributed by atoms with Gasteiger partial charge in [-0.05, 0) is 18.1 Å². The summed E-state index contributed by atoms with van der Waals surface area (Å²) in [6.45, 7) is 2.53. The number of benzene rings is 1. The van der Waals surface area contributed by atoms with Gasteiger partial charge in [0.2, 0.25) is 11.8 Å². The summed E-state index contributed by atoms with van der Waals surface area (Å²) >= 11 is 0. The molecule has 7 nitrogen and oxygen atoms in total. The number of aryl methyl sites for hydroxylation is 1. The lowest BCUT2D eigenvalue weighted by atomic mass is 9.97. The lowest BCUT2D eigenvalue weighted by molar-refractivity contribution is -0.148. The molecule has 2 fully saturated rings. The van der Waals surface area contributed by atoms with Crippen LogP contribution in [0.5, 0.6) is 0 Å². The van der Waals surface area contributed by atoms with E-state index in [9.17, 15) is 19.5 Å². The van der Waals surface area contributed by atoms with Crippen LogP contribution in [0, 0.1) is 5.92 Å². The number of nitrogens with one attached hydrogen (secondary N) is 1. The van der Waals surface area contributed by atoms with Crippen LogP contribution >= 0.6 is 0 Å². The highest BCUT2D eigenvalue weighted by molar-refractivity contribution is 6.01. The lowest BCUT2D eigenvalue weighted by Gasteiger charge is -2.25. The molecule has 2 saturated heterocycles. The predicted molar refractivity (Wildman–Crippen MR) is 90.2 cm³/mol. The van der Waals surface area contributed by atoms with E-state index in [2.05, 4.69) is 5.32 Å². The highest BCUT2D eigenvalue weighted by Gasteiger charge is 2.46. The molecule has 7 heteroatoms. The molecule has 2 aliphatic heterocycles. The number of hydrogen-bond donors (Lipinski definition) is 2. The molecule has 134 valence electrons. The fourth-order valence-electron chi connectivity index (χ4n) is 3.41. The molecule has 2 heterocycles. The number of hydrogen-bond acceptors (Lipinski definition) is 4. The molecule has 0 saturated carbocycles. The Morgan fingerprint density at radius 2 is 2.16 bits per heavy atom. The van der Waals surface area contributed by atoms with Crippen LogP contribution in [-0.4, -0.2) is 48.2 Å². The summed E-state index contributed by atoms with van der Waals surface area (Å²) in [7, 11) is 0. The Morgan fingerprint density at radius 1 is 1.40 bits per heavy atom. The van der Waals surface area contributed by atoms with Crippen LogP contribution in [0.2, 0.25) is 0 Å². The second-order valence-corrected chi connectivity index (χ2v) is 6.57. The van der Waals surface area contributed by atoms with E-state index in [1.54, 1.807) is 4.90 Å². The lowest BCUT2D eigenvalue weighted by Crippen LogP contribution is -2.56. The van der Waals surface area contributed by atoms with Gasteiger partial charge < -0.3 is 20.1 Å². The third-order valence-corrected chi connectivity index (χ3v) is 4.95. The van der Waals surface area contributed by atoms with Crippen molar-refractivity contribution in [3.63, 3.8) is 0 Å². The Morgan fingerprint density at radius 3 is 2.80 bits per heavy atom. The number of carboxylic acid groups (broad SMARTS) is 1. The minimum atomic E-state index is -1.38. The standard InChI is InChI=1S/C18H22N2O5/c1-2-12-5-3-4-6-14(12)20-10-13(9-15(20)21)16(22)19-18(17(23)24)7-8-25-11-18/h3-6,13H,2,7-11H2,1H3,(H,19,22)(H,23,24). The molecule has 2 unspecified atom stereocenters. The second kappa shape index (κ2) is 6.84. The number of aliphatic carboxylic acids is 1. The van der Waals surface area contributed by atoms with E-state index < -0.39 is 23.3 Å². The first kappa shape index (κ1) is 17.4. The van der Waals surface area contributed by atoms with Gasteiger partial charge in [0.05, 0.1) is 12.5 Å². The molecule has 2 atom stereocenters. The molecule has 0 aliphatic carbocycles. The molecule has 0 spiro atoms. The fourth-order valence-corrected chi connectivity index (χ4v) is 3.41. The van der Waals surface area contributed by atoms with Crippen molar-refractivity contribution in [3.05, 3.63) is 29.8 Å². The first-order valence-corrected chi connectivity index (χ1v) is 8.48. The van der Waals surface area contributed by atoms with Crippen molar-refractivity contribution in [2.24, 2.45) is 5.92 Å². The smallest absolute Gasteiger partial charge is 0.331 e. The molecule has 2 aliphatic rings. The number of carboxylic acids is 1. The summed E-state index contributed by atoms with van der Waals surface area (Å²) in [5.74, 6) is -2.18. The quantitative estimate of drug-likeness (QED) is 0.828. The minimum Gasteiger partial charge on any atom is -0.479 e. The van der Waals surface area contributed by atoms with Crippen LogP contribution in [0.15, 0.2) is 24.3 Å². The Hall–Kier alpha value is -2.41. The number of ether oxygens (including phenoxy) is 1. The summed E-state index contributed by atoms with van der Waals surface area (Å²) in [5.41, 5.74) is 0.486. The zero-order valence-corrected chi connectivity index (χ0v) is 14.2. The molecule has 0 aromatic heterocycles. The highest BCUT2D eigenvalue weighted by atomic mass is 16.5. The Labute approximate surface area is 146 Å². The van der Waals surface area contributed by atoms with Crippen molar-refractivity contribution >= 4 is 23.5 Å². The number of carbonyl (C=O) groups is 3. The molecular weight excluding hydrogens is 324 g/mol. The number of nitrogens with zero attached hydrogens (tertiary/aromatic N) is 1. The summed E-state index contributed by atoms with van der Waals surface area (Å²) in [6.07, 6.45) is 1.11.